The number of fused-ring (bicyclic) bond motifs is 1. The van der Waals surface area contributed by atoms with Crippen LogP contribution in [0.5, 0.6) is 0 Å². The molecule has 0 aliphatic carbocycles. The van der Waals surface area contributed by atoms with E-state index in [1.54, 1.807) is 25.1 Å². The number of nitrogen functional groups attached to an aromatic ring is 1. The van der Waals surface area contributed by atoms with E-state index in [4.69, 9.17) is 10.2 Å². The Morgan fingerprint density at radius 2 is 2.21 bits per heavy atom. The molecule has 104 valence electrons. The van der Waals surface area contributed by atoms with Gasteiger partial charge in [0.05, 0.1) is 5.75 Å². The first-order valence-corrected chi connectivity index (χ1v) is 7.52. The molecule has 0 fully saturated rings. The largest absolute Gasteiger partial charge is 0.423 e. The van der Waals surface area contributed by atoms with Crippen LogP contribution >= 0.6 is 0 Å². The summed E-state index contributed by atoms with van der Waals surface area (Å²) in [5.74, 6) is -0.0400. The number of nitrogens with one attached hydrogen (secondary N) is 2. The van der Waals surface area contributed by atoms with Gasteiger partial charge in [-0.2, -0.15) is 4.98 Å². The van der Waals surface area contributed by atoms with Crippen molar-refractivity contribution >= 4 is 32.8 Å². The molecule has 0 unspecified atom stereocenters. The van der Waals surface area contributed by atoms with Crippen LogP contribution in [0.4, 0.5) is 11.7 Å². The quantitative estimate of drug-likeness (QED) is 0.675. The van der Waals surface area contributed by atoms with Crippen LogP contribution in [-0.4, -0.2) is 32.2 Å². The second-order valence-corrected chi connectivity index (χ2v) is 5.92. The lowest BCUT2D eigenvalue weighted by Gasteiger charge is -2.04. The second kappa shape index (κ2) is 5.45. The number of nitrogens with zero attached hydrogens (tertiary/aromatic N) is 1. The maximum absolute atomic E-state index is 11.4. The molecule has 0 spiro atoms. The van der Waals surface area contributed by atoms with Crippen molar-refractivity contribution in [3.63, 3.8) is 0 Å². The van der Waals surface area contributed by atoms with E-state index in [2.05, 4.69) is 15.0 Å². The first-order valence-electron chi connectivity index (χ1n) is 5.87. The molecule has 0 amide bonds. The minimum absolute atomic E-state index is 0.0400. The van der Waals surface area contributed by atoms with Gasteiger partial charge in [-0.15, -0.1) is 0 Å². The van der Waals surface area contributed by atoms with E-state index in [9.17, 15) is 8.42 Å². The Kier molecular flexibility index (Phi) is 3.91. The highest BCUT2D eigenvalue weighted by Gasteiger charge is 2.10. The van der Waals surface area contributed by atoms with E-state index in [0.717, 1.165) is 0 Å². The molecule has 0 saturated carbocycles. The van der Waals surface area contributed by atoms with Crippen LogP contribution in [0.25, 0.3) is 11.1 Å². The number of hydrogen-bond donors (Lipinski definition) is 3. The van der Waals surface area contributed by atoms with Crippen molar-refractivity contribution in [2.75, 3.05) is 29.9 Å². The number of benzene rings is 1. The Morgan fingerprint density at radius 1 is 1.42 bits per heavy atom. The summed E-state index contributed by atoms with van der Waals surface area (Å²) in [6.45, 7) is 2.33. The average Bonchev–Trinajstić information content (AvgIpc) is 2.70. The Morgan fingerprint density at radius 3 is 2.95 bits per heavy atom. The Labute approximate surface area is 111 Å². The fourth-order valence-corrected chi connectivity index (χ4v) is 2.56. The molecule has 1 aromatic carbocycles. The van der Waals surface area contributed by atoms with Crippen molar-refractivity contribution in [1.29, 1.82) is 0 Å². The van der Waals surface area contributed by atoms with Gasteiger partial charge in [0.25, 0.3) is 6.01 Å². The summed E-state index contributed by atoms with van der Waals surface area (Å²) in [6, 6.07) is 5.43. The Balaban J connectivity index is 1.99. The monoisotopic (exact) mass is 284 g/mol. The van der Waals surface area contributed by atoms with Gasteiger partial charge in [0.1, 0.15) is 5.52 Å². The van der Waals surface area contributed by atoms with Crippen molar-refractivity contribution in [1.82, 2.24) is 9.71 Å². The summed E-state index contributed by atoms with van der Waals surface area (Å²) in [5.41, 5.74) is 7.45. The van der Waals surface area contributed by atoms with Crippen molar-refractivity contribution in [3.8, 4) is 0 Å². The molecular formula is C11H16N4O3S. The van der Waals surface area contributed by atoms with Gasteiger partial charge in [-0.25, -0.2) is 13.1 Å². The van der Waals surface area contributed by atoms with Gasteiger partial charge in [0.2, 0.25) is 10.0 Å². The second-order valence-electron chi connectivity index (χ2n) is 3.99. The van der Waals surface area contributed by atoms with Crippen LogP contribution in [-0.2, 0) is 10.0 Å². The summed E-state index contributed by atoms with van der Waals surface area (Å²) in [5, 5.41) is 2.83. The smallest absolute Gasteiger partial charge is 0.295 e. The van der Waals surface area contributed by atoms with E-state index in [0.29, 0.717) is 23.3 Å². The fraction of sp³-hybridized carbons (Fsp3) is 0.364. The van der Waals surface area contributed by atoms with Crippen LogP contribution < -0.4 is 15.8 Å². The Hall–Kier alpha value is -1.80. The van der Waals surface area contributed by atoms with Gasteiger partial charge in [0, 0.05) is 24.8 Å². The lowest BCUT2D eigenvalue weighted by atomic mass is 10.3. The van der Waals surface area contributed by atoms with E-state index < -0.39 is 10.0 Å². The normalized spacial score (nSPS) is 11.8. The SMILES string of the molecule is CCNS(=O)(=O)CCNc1nc2ccc(N)cc2o1. The van der Waals surface area contributed by atoms with Crippen molar-refractivity contribution < 1.29 is 12.8 Å². The molecule has 1 aromatic heterocycles. The molecular weight excluding hydrogens is 268 g/mol. The highest BCUT2D eigenvalue weighted by Crippen LogP contribution is 2.20. The summed E-state index contributed by atoms with van der Waals surface area (Å²) >= 11 is 0. The Bertz CT molecular complexity index is 666. The van der Waals surface area contributed by atoms with E-state index in [-0.39, 0.29) is 18.3 Å². The number of anilines is 2. The van der Waals surface area contributed by atoms with Gasteiger partial charge in [-0.1, -0.05) is 6.92 Å². The van der Waals surface area contributed by atoms with Gasteiger partial charge in [-0.3, -0.25) is 0 Å². The van der Waals surface area contributed by atoms with Crippen LogP contribution in [0.15, 0.2) is 22.6 Å². The summed E-state index contributed by atoms with van der Waals surface area (Å²) in [7, 11) is -3.24. The highest BCUT2D eigenvalue weighted by molar-refractivity contribution is 7.89. The van der Waals surface area contributed by atoms with Crippen LogP contribution in [0.3, 0.4) is 0 Å². The standard InChI is InChI=1S/C11H16N4O3S/c1-2-14-19(16,17)6-5-13-11-15-9-4-3-8(12)7-10(9)18-11/h3-4,7,14H,2,5-6,12H2,1H3,(H,13,15). The number of nitrogens with two attached hydrogens (primary N) is 1. The number of rotatable bonds is 6. The first-order chi connectivity index (χ1) is 9.00. The molecule has 2 rings (SSSR count). The molecule has 0 atom stereocenters. The summed E-state index contributed by atoms with van der Waals surface area (Å²) in [6.07, 6.45) is 0. The number of oxazole rings is 1. The lowest BCUT2D eigenvalue weighted by Crippen LogP contribution is -2.29. The molecule has 19 heavy (non-hydrogen) atoms. The predicted octanol–water partition coefficient (Wildman–Crippen LogP) is 0.761. The third-order valence-electron chi connectivity index (χ3n) is 2.42. The van der Waals surface area contributed by atoms with E-state index >= 15 is 0 Å². The van der Waals surface area contributed by atoms with Crippen LogP contribution in [0.2, 0.25) is 0 Å². The molecule has 0 radical (unpaired) electrons. The van der Waals surface area contributed by atoms with Crippen molar-refractivity contribution in [2.45, 2.75) is 6.92 Å². The van der Waals surface area contributed by atoms with Crippen LogP contribution in [0.1, 0.15) is 6.92 Å². The van der Waals surface area contributed by atoms with Gasteiger partial charge in [0.15, 0.2) is 5.58 Å². The number of aromatic nitrogens is 1. The van der Waals surface area contributed by atoms with Crippen LogP contribution in [0, 0.1) is 0 Å². The predicted molar refractivity (Wildman–Crippen MR) is 74.4 cm³/mol. The van der Waals surface area contributed by atoms with Gasteiger partial charge < -0.3 is 15.5 Å². The van der Waals surface area contributed by atoms with Gasteiger partial charge in [-0.05, 0) is 12.1 Å². The molecule has 1 heterocycles. The zero-order valence-corrected chi connectivity index (χ0v) is 11.3. The lowest BCUT2D eigenvalue weighted by molar-refractivity contribution is 0.583. The minimum atomic E-state index is -3.24. The maximum atomic E-state index is 11.4. The molecule has 4 N–H and O–H groups in total. The third-order valence-corrected chi connectivity index (χ3v) is 3.89. The third kappa shape index (κ3) is 3.58. The number of sulfonamides is 1. The molecule has 0 aliphatic heterocycles. The van der Waals surface area contributed by atoms with Gasteiger partial charge >= 0.3 is 0 Å². The summed E-state index contributed by atoms with van der Waals surface area (Å²) < 4.78 is 30.7. The highest BCUT2D eigenvalue weighted by atomic mass is 32.2. The molecule has 0 saturated heterocycles. The number of hydrogen-bond acceptors (Lipinski definition) is 6. The van der Waals surface area contributed by atoms with E-state index in [1.165, 1.54) is 0 Å². The topological polar surface area (TPSA) is 110 Å². The molecule has 0 bridgehead atoms. The fourth-order valence-electron chi connectivity index (χ4n) is 1.60. The molecule has 0 aliphatic rings. The molecule has 7 nitrogen and oxygen atoms in total. The van der Waals surface area contributed by atoms with E-state index in [1.807, 2.05) is 0 Å². The summed E-state index contributed by atoms with van der Waals surface area (Å²) in [4.78, 5) is 4.17. The molecule has 8 heteroatoms. The zero-order valence-electron chi connectivity index (χ0n) is 10.5. The average molecular weight is 284 g/mol. The van der Waals surface area contributed by atoms with Crippen molar-refractivity contribution in [3.05, 3.63) is 18.2 Å². The van der Waals surface area contributed by atoms with Crippen molar-refractivity contribution in [2.24, 2.45) is 0 Å². The maximum Gasteiger partial charge on any atom is 0.295 e. The minimum Gasteiger partial charge on any atom is -0.423 e. The zero-order chi connectivity index (χ0) is 13.9. The molecule has 2 aromatic rings. The first kappa shape index (κ1) is 13.6.